The lowest BCUT2D eigenvalue weighted by atomic mass is 10.1. The van der Waals surface area contributed by atoms with E-state index in [1.807, 2.05) is 37.3 Å². The van der Waals surface area contributed by atoms with Gasteiger partial charge in [-0.05, 0) is 49.9 Å². The zero-order chi connectivity index (χ0) is 17.6. The molecule has 1 aliphatic rings. The van der Waals surface area contributed by atoms with Gasteiger partial charge in [0.2, 0.25) is 0 Å². The van der Waals surface area contributed by atoms with Crippen molar-refractivity contribution >= 4 is 12.0 Å². The third kappa shape index (κ3) is 4.66. The fourth-order valence-electron chi connectivity index (χ4n) is 2.56. The number of methoxy groups -OCH3 is 1. The first-order chi connectivity index (χ1) is 12.2. The molecule has 0 atom stereocenters. The number of carbonyl (C=O) groups is 1. The van der Waals surface area contributed by atoms with Crippen LogP contribution in [0.5, 0.6) is 5.75 Å². The van der Waals surface area contributed by atoms with Crippen molar-refractivity contribution in [2.75, 3.05) is 13.7 Å². The smallest absolute Gasteiger partial charge is 0.339 e. The van der Waals surface area contributed by atoms with E-state index in [0.717, 1.165) is 17.0 Å². The van der Waals surface area contributed by atoms with Crippen LogP contribution in [0.1, 0.15) is 52.5 Å². The Morgan fingerprint density at radius 3 is 2.88 bits per heavy atom. The Labute approximate surface area is 147 Å². The van der Waals surface area contributed by atoms with E-state index in [2.05, 4.69) is 9.97 Å². The van der Waals surface area contributed by atoms with Gasteiger partial charge in [0, 0.05) is 17.8 Å². The molecule has 3 rings (SSSR count). The van der Waals surface area contributed by atoms with Gasteiger partial charge >= 0.3 is 5.97 Å². The standard InChI is InChI=1S/C20H22N2O3/c1-14-18(8-9-19(22-14)16-6-7-16)20(23)25-10-4-3-5-15-11-17(24-2)13-21-12-15/h3,5,8-9,11-13,16H,4,6-7,10H2,1-2H3/b5-3+. The van der Waals surface area contributed by atoms with Crippen molar-refractivity contribution in [2.24, 2.45) is 0 Å². The predicted molar refractivity (Wildman–Crippen MR) is 95.7 cm³/mol. The summed E-state index contributed by atoms with van der Waals surface area (Å²) in [6.45, 7) is 2.19. The van der Waals surface area contributed by atoms with Crippen molar-refractivity contribution < 1.29 is 14.3 Å². The Kier molecular flexibility index (Phi) is 5.43. The topological polar surface area (TPSA) is 61.3 Å². The molecule has 5 heteroatoms. The third-order valence-electron chi connectivity index (χ3n) is 4.12. The van der Waals surface area contributed by atoms with Gasteiger partial charge in [-0.3, -0.25) is 9.97 Å². The highest BCUT2D eigenvalue weighted by molar-refractivity contribution is 5.90. The number of ether oxygens (including phenoxy) is 2. The number of aromatic nitrogens is 2. The van der Waals surface area contributed by atoms with Crippen LogP contribution in [0, 0.1) is 6.92 Å². The SMILES string of the molecule is COc1cncc(/C=C/CCOC(=O)c2ccc(C3CC3)nc2C)c1. The van der Waals surface area contributed by atoms with Crippen LogP contribution in [0.4, 0.5) is 0 Å². The number of esters is 1. The first kappa shape index (κ1) is 17.1. The zero-order valence-corrected chi connectivity index (χ0v) is 14.6. The highest BCUT2D eigenvalue weighted by Crippen LogP contribution is 2.39. The molecule has 0 spiro atoms. The number of hydrogen-bond donors (Lipinski definition) is 0. The maximum atomic E-state index is 12.2. The van der Waals surface area contributed by atoms with E-state index in [-0.39, 0.29) is 5.97 Å². The minimum atomic E-state index is -0.316. The zero-order valence-electron chi connectivity index (χ0n) is 14.6. The number of aryl methyl sites for hydroxylation is 1. The number of nitrogens with zero attached hydrogens (tertiary/aromatic N) is 2. The molecule has 5 nitrogen and oxygen atoms in total. The summed E-state index contributed by atoms with van der Waals surface area (Å²) in [5.41, 5.74) is 3.32. The lowest BCUT2D eigenvalue weighted by molar-refractivity contribution is 0.0510. The highest BCUT2D eigenvalue weighted by atomic mass is 16.5. The Balaban J connectivity index is 1.48. The van der Waals surface area contributed by atoms with E-state index in [1.54, 1.807) is 19.5 Å². The average molecular weight is 338 g/mol. The molecule has 0 aromatic carbocycles. The summed E-state index contributed by atoms with van der Waals surface area (Å²) in [5.74, 6) is 0.981. The van der Waals surface area contributed by atoms with Gasteiger partial charge in [-0.15, -0.1) is 0 Å². The number of rotatable bonds is 7. The molecule has 0 saturated heterocycles. The summed E-state index contributed by atoms with van der Waals surface area (Å²) >= 11 is 0. The average Bonchev–Trinajstić information content (AvgIpc) is 3.46. The minimum Gasteiger partial charge on any atom is -0.495 e. The summed E-state index contributed by atoms with van der Waals surface area (Å²) in [6.07, 6.45) is 10.3. The van der Waals surface area contributed by atoms with Gasteiger partial charge in [0.15, 0.2) is 0 Å². The van der Waals surface area contributed by atoms with Crippen molar-refractivity contribution in [3.05, 3.63) is 59.2 Å². The van der Waals surface area contributed by atoms with Gasteiger partial charge in [0.1, 0.15) is 5.75 Å². The van der Waals surface area contributed by atoms with Crippen LogP contribution in [-0.2, 0) is 4.74 Å². The van der Waals surface area contributed by atoms with E-state index >= 15 is 0 Å². The van der Waals surface area contributed by atoms with Gasteiger partial charge in [0.05, 0.1) is 31.2 Å². The van der Waals surface area contributed by atoms with E-state index < -0.39 is 0 Å². The van der Waals surface area contributed by atoms with E-state index in [4.69, 9.17) is 9.47 Å². The molecule has 130 valence electrons. The normalized spacial score (nSPS) is 13.8. The van der Waals surface area contributed by atoms with Crippen LogP contribution in [0.2, 0.25) is 0 Å². The molecule has 0 bridgehead atoms. The summed E-state index contributed by atoms with van der Waals surface area (Å²) < 4.78 is 10.5. The lowest BCUT2D eigenvalue weighted by Crippen LogP contribution is -2.09. The summed E-state index contributed by atoms with van der Waals surface area (Å²) in [6, 6.07) is 5.67. The Morgan fingerprint density at radius 1 is 1.32 bits per heavy atom. The maximum absolute atomic E-state index is 12.2. The molecule has 0 unspecified atom stereocenters. The second-order valence-corrected chi connectivity index (χ2v) is 6.13. The van der Waals surface area contributed by atoms with Crippen molar-refractivity contribution in [2.45, 2.75) is 32.1 Å². The second kappa shape index (κ2) is 7.92. The molecule has 2 heterocycles. The third-order valence-corrected chi connectivity index (χ3v) is 4.12. The maximum Gasteiger partial charge on any atom is 0.339 e. The quantitative estimate of drug-likeness (QED) is 0.565. The molecule has 0 amide bonds. The largest absolute Gasteiger partial charge is 0.495 e. The summed E-state index contributed by atoms with van der Waals surface area (Å²) in [4.78, 5) is 20.8. The molecule has 1 aliphatic carbocycles. The highest BCUT2D eigenvalue weighted by Gasteiger charge is 2.25. The summed E-state index contributed by atoms with van der Waals surface area (Å²) in [5, 5.41) is 0. The van der Waals surface area contributed by atoms with Crippen molar-refractivity contribution in [1.29, 1.82) is 0 Å². The molecule has 0 radical (unpaired) electrons. The van der Waals surface area contributed by atoms with Gasteiger partial charge in [-0.2, -0.15) is 0 Å². The Morgan fingerprint density at radius 2 is 2.16 bits per heavy atom. The van der Waals surface area contributed by atoms with Crippen LogP contribution in [0.3, 0.4) is 0 Å². The Hall–Kier alpha value is -2.69. The molecule has 2 aromatic heterocycles. The first-order valence-corrected chi connectivity index (χ1v) is 8.47. The fourth-order valence-corrected chi connectivity index (χ4v) is 2.56. The van der Waals surface area contributed by atoms with E-state index in [1.165, 1.54) is 12.8 Å². The van der Waals surface area contributed by atoms with E-state index in [9.17, 15) is 4.79 Å². The molecule has 1 fully saturated rings. The lowest BCUT2D eigenvalue weighted by Gasteiger charge is -2.07. The number of hydrogen-bond acceptors (Lipinski definition) is 5. The molecule has 25 heavy (non-hydrogen) atoms. The molecule has 0 N–H and O–H groups in total. The fraction of sp³-hybridized carbons (Fsp3) is 0.350. The molecule has 0 aliphatic heterocycles. The Bertz CT molecular complexity index is 782. The van der Waals surface area contributed by atoms with Gasteiger partial charge < -0.3 is 9.47 Å². The number of carbonyl (C=O) groups excluding carboxylic acids is 1. The first-order valence-electron chi connectivity index (χ1n) is 8.47. The second-order valence-electron chi connectivity index (χ2n) is 6.13. The van der Waals surface area contributed by atoms with Crippen LogP contribution < -0.4 is 4.74 Å². The van der Waals surface area contributed by atoms with Crippen LogP contribution in [0.15, 0.2) is 36.7 Å². The van der Waals surface area contributed by atoms with Crippen molar-refractivity contribution in [1.82, 2.24) is 9.97 Å². The summed E-state index contributed by atoms with van der Waals surface area (Å²) in [7, 11) is 1.61. The monoisotopic (exact) mass is 338 g/mol. The minimum absolute atomic E-state index is 0.316. The van der Waals surface area contributed by atoms with Crippen LogP contribution in [0.25, 0.3) is 6.08 Å². The van der Waals surface area contributed by atoms with Gasteiger partial charge in [0.25, 0.3) is 0 Å². The van der Waals surface area contributed by atoms with Crippen LogP contribution in [-0.4, -0.2) is 29.7 Å². The van der Waals surface area contributed by atoms with Crippen molar-refractivity contribution in [3.63, 3.8) is 0 Å². The molecule has 2 aromatic rings. The molecule has 1 saturated carbocycles. The van der Waals surface area contributed by atoms with E-state index in [0.29, 0.717) is 30.3 Å². The van der Waals surface area contributed by atoms with Gasteiger partial charge in [-0.1, -0.05) is 12.2 Å². The molecular formula is C20H22N2O3. The van der Waals surface area contributed by atoms with Crippen LogP contribution >= 0.6 is 0 Å². The predicted octanol–water partition coefficient (Wildman–Crippen LogP) is 3.93. The molecular weight excluding hydrogens is 316 g/mol. The van der Waals surface area contributed by atoms with Gasteiger partial charge in [-0.25, -0.2) is 4.79 Å². The van der Waals surface area contributed by atoms with Crippen molar-refractivity contribution in [3.8, 4) is 5.75 Å². The number of pyridine rings is 2.